The van der Waals surface area contributed by atoms with E-state index in [9.17, 15) is 4.79 Å². The second-order valence-electron chi connectivity index (χ2n) is 6.65. The third-order valence-electron chi connectivity index (χ3n) is 4.31. The number of amides is 1. The second kappa shape index (κ2) is 9.12. The first-order valence-corrected chi connectivity index (χ1v) is 9.06. The van der Waals surface area contributed by atoms with Gasteiger partial charge in [0.15, 0.2) is 11.5 Å². The van der Waals surface area contributed by atoms with E-state index in [4.69, 9.17) is 10.5 Å². The van der Waals surface area contributed by atoms with Crippen molar-refractivity contribution in [2.75, 3.05) is 5.73 Å². The van der Waals surface area contributed by atoms with Crippen molar-refractivity contribution in [3.8, 4) is 0 Å². The number of nitrogens with one attached hydrogen (secondary N) is 1. The van der Waals surface area contributed by atoms with Crippen LogP contribution in [0.3, 0.4) is 0 Å². The summed E-state index contributed by atoms with van der Waals surface area (Å²) in [5.74, 6) is 0.980. The van der Waals surface area contributed by atoms with Crippen molar-refractivity contribution in [2.45, 2.75) is 48.1 Å². The molecule has 7 heteroatoms. The van der Waals surface area contributed by atoms with Gasteiger partial charge in [0.1, 0.15) is 11.5 Å². The normalized spacial score (nSPS) is 11.1. The summed E-state index contributed by atoms with van der Waals surface area (Å²) in [4.78, 5) is 25.6. The molecule has 7 nitrogen and oxygen atoms in total. The van der Waals surface area contributed by atoms with Crippen molar-refractivity contribution in [1.29, 1.82) is 0 Å². The van der Waals surface area contributed by atoms with Gasteiger partial charge in [-0.3, -0.25) is 9.78 Å². The van der Waals surface area contributed by atoms with Crippen LogP contribution in [0.5, 0.6) is 0 Å². The van der Waals surface area contributed by atoms with E-state index in [0.717, 1.165) is 22.6 Å². The molecule has 148 valence electrons. The number of aromatic nitrogens is 3. The molecule has 0 saturated heterocycles. The molecule has 3 N–H and O–H groups in total. The minimum atomic E-state index is -0.395. The summed E-state index contributed by atoms with van der Waals surface area (Å²) in [5.41, 5.74) is 10.0. The maximum atomic E-state index is 12.5. The van der Waals surface area contributed by atoms with E-state index in [0.29, 0.717) is 17.1 Å². The zero-order valence-electron chi connectivity index (χ0n) is 17.3. The number of anilines is 1. The number of nitrogens with zero attached hydrogens (tertiary/aromatic N) is 3. The third-order valence-corrected chi connectivity index (χ3v) is 4.31. The quantitative estimate of drug-likeness (QED) is 0.740. The molecule has 2 heterocycles. The molecular weight excluding hydrogens is 354 g/mol. The van der Waals surface area contributed by atoms with Crippen LogP contribution in [0.1, 0.15) is 60.8 Å². The summed E-state index contributed by atoms with van der Waals surface area (Å²) in [5, 5.41) is 2.80. The standard InChI is InChI=1S/C21H27N5O2/c1-7-17(28-15(6)12(2)3)18-14(5)25-19(20(22)26-18)21(27)24-11-16-13(4)9-8-10-23-16/h7-10H,11H2,1-6H3,(H2,22,26)(H,24,27). The Balaban J connectivity index is 2.24. The number of rotatable bonds is 6. The van der Waals surface area contributed by atoms with E-state index in [-0.39, 0.29) is 18.1 Å². The average molecular weight is 381 g/mol. The maximum Gasteiger partial charge on any atom is 0.274 e. The highest BCUT2D eigenvalue weighted by atomic mass is 16.5. The Morgan fingerprint density at radius 2 is 1.93 bits per heavy atom. The lowest BCUT2D eigenvalue weighted by Crippen LogP contribution is -2.27. The third kappa shape index (κ3) is 4.94. The van der Waals surface area contributed by atoms with E-state index >= 15 is 0 Å². The molecule has 0 saturated carbocycles. The van der Waals surface area contributed by atoms with E-state index in [1.807, 2.05) is 46.8 Å². The topological polar surface area (TPSA) is 103 Å². The SMILES string of the molecule is CC=C(OC(C)=C(C)C)c1nc(N)c(C(=O)NCc2ncccc2C)nc1C. The number of nitrogens with two attached hydrogens (primary N) is 1. The van der Waals surface area contributed by atoms with Gasteiger partial charge < -0.3 is 15.8 Å². The fraction of sp³-hybridized carbons (Fsp3) is 0.333. The maximum absolute atomic E-state index is 12.5. The van der Waals surface area contributed by atoms with Gasteiger partial charge >= 0.3 is 0 Å². The number of hydrogen-bond acceptors (Lipinski definition) is 6. The predicted molar refractivity (Wildman–Crippen MR) is 110 cm³/mol. The van der Waals surface area contributed by atoms with Gasteiger partial charge in [-0.05, 0) is 64.8 Å². The number of hydrogen-bond donors (Lipinski definition) is 2. The van der Waals surface area contributed by atoms with Gasteiger partial charge in [-0.15, -0.1) is 0 Å². The first kappa shape index (κ1) is 21.1. The summed E-state index contributed by atoms with van der Waals surface area (Å²) in [7, 11) is 0. The van der Waals surface area contributed by atoms with Crippen LogP contribution in [-0.2, 0) is 11.3 Å². The van der Waals surface area contributed by atoms with E-state index in [2.05, 4.69) is 20.3 Å². The number of carbonyl (C=O) groups excluding carboxylic acids is 1. The predicted octanol–water partition coefficient (Wildman–Crippen LogP) is 3.69. The van der Waals surface area contributed by atoms with Crippen molar-refractivity contribution in [2.24, 2.45) is 0 Å². The lowest BCUT2D eigenvalue weighted by atomic mass is 10.2. The highest BCUT2D eigenvalue weighted by molar-refractivity contribution is 5.96. The van der Waals surface area contributed by atoms with Crippen molar-refractivity contribution in [1.82, 2.24) is 20.3 Å². The summed E-state index contributed by atoms with van der Waals surface area (Å²) in [6.07, 6.45) is 3.49. The molecule has 0 aliphatic heterocycles. The van der Waals surface area contributed by atoms with Crippen molar-refractivity contribution < 1.29 is 9.53 Å². The average Bonchev–Trinajstić information content (AvgIpc) is 2.66. The number of ether oxygens (including phenoxy) is 1. The van der Waals surface area contributed by atoms with Crippen molar-refractivity contribution >= 4 is 17.5 Å². The number of carbonyl (C=O) groups is 1. The van der Waals surface area contributed by atoms with E-state index < -0.39 is 5.91 Å². The van der Waals surface area contributed by atoms with Gasteiger partial charge in [0.25, 0.3) is 5.91 Å². The molecule has 0 aliphatic carbocycles. The minimum Gasteiger partial charge on any atom is -0.460 e. The molecule has 0 atom stereocenters. The lowest BCUT2D eigenvalue weighted by Gasteiger charge is -2.15. The lowest BCUT2D eigenvalue weighted by molar-refractivity contribution is 0.0945. The summed E-state index contributed by atoms with van der Waals surface area (Å²) in [6.45, 7) is 11.7. The Kier molecular flexibility index (Phi) is 6.87. The largest absolute Gasteiger partial charge is 0.460 e. The fourth-order valence-electron chi connectivity index (χ4n) is 2.39. The number of pyridine rings is 1. The summed E-state index contributed by atoms with van der Waals surface area (Å²) < 4.78 is 5.88. The Labute approximate surface area is 165 Å². The highest BCUT2D eigenvalue weighted by Crippen LogP contribution is 2.23. The zero-order valence-corrected chi connectivity index (χ0v) is 17.3. The molecule has 0 radical (unpaired) electrons. The molecule has 0 aromatic carbocycles. The Hall–Kier alpha value is -3.22. The molecule has 0 fully saturated rings. The molecule has 2 rings (SSSR count). The summed E-state index contributed by atoms with van der Waals surface area (Å²) >= 11 is 0. The minimum absolute atomic E-state index is 0.0497. The van der Waals surface area contributed by atoms with Crippen LogP contribution in [0.2, 0.25) is 0 Å². The smallest absolute Gasteiger partial charge is 0.274 e. The first-order chi connectivity index (χ1) is 13.2. The van der Waals surface area contributed by atoms with Crippen LogP contribution in [0.25, 0.3) is 5.76 Å². The van der Waals surface area contributed by atoms with E-state index in [1.54, 1.807) is 19.2 Å². The Morgan fingerprint density at radius 3 is 2.54 bits per heavy atom. The monoisotopic (exact) mass is 381 g/mol. The molecule has 0 spiro atoms. The van der Waals surface area contributed by atoms with Gasteiger partial charge in [-0.1, -0.05) is 6.07 Å². The van der Waals surface area contributed by atoms with Crippen LogP contribution >= 0.6 is 0 Å². The van der Waals surface area contributed by atoms with Crippen molar-refractivity contribution in [3.63, 3.8) is 0 Å². The zero-order chi connectivity index (χ0) is 20.8. The van der Waals surface area contributed by atoms with Gasteiger partial charge in [0.05, 0.1) is 23.7 Å². The molecule has 0 bridgehead atoms. The van der Waals surface area contributed by atoms with Gasteiger partial charge in [-0.2, -0.15) is 0 Å². The second-order valence-corrected chi connectivity index (χ2v) is 6.65. The van der Waals surface area contributed by atoms with Gasteiger partial charge in [-0.25, -0.2) is 9.97 Å². The van der Waals surface area contributed by atoms with Gasteiger partial charge in [0, 0.05) is 6.20 Å². The highest BCUT2D eigenvalue weighted by Gasteiger charge is 2.19. The number of nitrogen functional groups attached to an aromatic ring is 1. The van der Waals surface area contributed by atoms with Crippen LogP contribution < -0.4 is 11.1 Å². The molecule has 1 amide bonds. The Bertz CT molecular complexity index is 944. The molecule has 0 aliphatic rings. The molecule has 0 unspecified atom stereocenters. The van der Waals surface area contributed by atoms with Gasteiger partial charge in [0.2, 0.25) is 0 Å². The number of aryl methyl sites for hydroxylation is 2. The number of allylic oxidation sites excluding steroid dienone is 3. The fourth-order valence-corrected chi connectivity index (χ4v) is 2.39. The van der Waals surface area contributed by atoms with E-state index in [1.165, 1.54) is 0 Å². The Morgan fingerprint density at radius 1 is 1.21 bits per heavy atom. The molecule has 28 heavy (non-hydrogen) atoms. The van der Waals surface area contributed by atoms with Crippen LogP contribution in [-0.4, -0.2) is 20.9 Å². The van der Waals surface area contributed by atoms with Crippen molar-refractivity contribution in [3.05, 3.63) is 64.1 Å². The van der Waals surface area contributed by atoms with Crippen LogP contribution in [0.15, 0.2) is 35.7 Å². The van der Waals surface area contributed by atoms with Crippen LogP contribution in [0, 0.1) is 13.8 Å². The summed E-state index contributed by atoms with van der Waals surface area (Å²) in [6, 6.07) is 3.79. The van der Waals surface area contributed by atoms with Crippen LogP contribution in [0.4, 0.5) is 5.82 Å². The molecule has 2 aromatic heterocycles. The first-order valence-electron chi connectivity index (χ1n) is 9.06. The molecule has 2 aromatic rings. The molecular formula is C21H27N5O2.